The standard InChI is InChI=1S/C10H15ClN2O/c1-6-10(11)7(2)13(12-6)8-4-3-5-9(8)14/h8-9,14H,3-5H2,1-2H3/t8-,9-/m1/s1. The Labute approximate surface area is 88.7 Å². The van der Waals surface area contributed by atoms with E-state index in [4.69, 9.17) is 11.6 Å². The summed E-state index contributed by atoms with van der Waals surface area (Å²) in [5.74, 6) is 0. The van der Waals surface area contributed by atoms with E-state index in [2.05, 4.69) is 5.10 Å². The van der Waals surface area contributed by atoms with Crippen molar-refractivity contribution in [2.45, 2.75) is 45.3 Å². The number of halogens is 1. The van der Waals surface area contributed by atoms with Gasteiger partial charge >= 0.3 is 0 Å². The maximum atomic E-state index is 9.76. The van der Waals surface area contributed by atoms with Crippen LogP contribution in [0.4, 0.5) is 0 Å². The van der Waals surface area contributed by atoms with Gasteiger partial charge in [0.1, 0.15) is 0 Å². The molecule has 78 valence electrons. The van der Waals surface area contributed by atoms with E-state index >= 15 is 0 Å². The zero-order valence-corrected chi connectivity index (χ0v) is 9.25. The highest BCUT2D eigenvalue weighted by Crippen LogP contribution is 2.32. The highest BCUT2D eigenvalue weighted by molar-refractivity contribution is 6.31. The predicted molar refractivity (Wildman–Crippen MR) is 55.6 cm³/mol. The summed E-state index contributed by atoms with van der Waals surface area (Å²) in [6, 6.07) is 0.126. The molecule has 0 radical (unpaired) electrons. The van der Waals surface area contributed by atoms with Crippen LogP contribution >= 0.6 is 11.6 Å². The lowest BCUT2D eigenvalue weighted by molar-refractivity contribution is 0.129. The molecule has 14 heavy (non-hydrogen) atoms. The molecule has 1 aromatic rings. The summed E-state index contributed by atoms with van der Waals surface area (Å²) in [5, 5.41) is 14.9. The van der Waals surface area contributed by atoms with Crippen LogP contribution in [0, 0.1) is 13.8 Å². The Morgan fingerprint density at radius 1 is 1.43 bits per heavy atom. The first kappa shape index (κ1) is 9.99. The van der Waals surface area contributed by atoms with Crippen LogP contribution < -0.4 is 0 Å². The molecular weight excluding hydrogens is 200 g/mol. The number of aliphatic hydroxyl groups excluding tert-OH is 1. The predicted octanol–water partition coefficient (Wildman–Crippen LogP) is 2.24. The van der Waals surface area contributed by atoms with Gasteiger partial charge in [-0.1, -0.05) is 11.6 Å². The van der Waals surface area contributed by atoms with Crippen LogP contribution in [-0.4, -0.2) is 21.0 Å². The van der Waals surface area contributed by atoms with Crippen LogP contribution in [0.2, 0.25) is 5.02 Å². The minimum absolute atomic E-state index is 0.126. The van der Waals surface area contributed by atoms with Gasteiger partial charge in [0.15, 0.2) is 0 Å². The van der Waals surface area contributed by atoms with Gasteiger partial charge in [-0.05, 0) is 33.1 Å². The Morgan fingerprint density at radius 2 is 2.14 bits per heavy atom. The van der Waals surface area contributed by atoms with Gasteiger partial charge in [-0.25, -0.2) is 0 Å². The molecule has 1 N–H and O–H groups in total. The van der Waals surface area contributed by atoms with Crippen LogP contribution in [0.5, 0.6) is 0 Å². The first-order valence-corrected chi connectivity index (χ1v) is 5.38. The van der Waals surface area contributed by atoms with Crippen LogP contribution in [0.3, 0.4) is 0 Å². The minimum Gasteiger partial charge on any atom is -0.391 e. The Kier molecular flexibility index (Phi) is 2.54. The lowest BCUT2D eigenvalue weighted by Crippen LogP contribution is -2.20. The van der Waals surface area contributed by atoms with Crippen LogP contribution in [-0.2, 0) is 0 Å². The number of rotatable bonds is 1. The summed E-state index contributed by atoms with van der Waals surface area (Å²) in [6.45, 7) is 3.85. The number of hydrogen-bond acceptors (Lipinski definition) is 2. The largest absolute Gasteiger partial charge is 0.391 e. The first-order valence-electron chi connectivity index (χ1n) is 5.00. The normalized spacial score (nSPS) is 27.1. The average Bonchev–Trinajstić information content (AvgIpc) is 2.66. The van der Waals surface area contributed by atoms with Gasteiger partial charge in [0.25, 0.3) is 0 Å². The molecule has 0 bridgehead atoms. The van der Waals surface area contributed by atoms with Crippen LogP contribution in [0.25, 0.3) is 0 Å². The Hall–Kier alpha value is -0.540. The molecular formula is C10H15ClN2O. The van der Waals surface area contributed by atoms with Gasteiger partial charge in [0, 0.05) is 0 Å². The smallest absolute Gasteiger partial charge is 0.0844 e. The van der Waals surface area contributed by atoms with Gasteiger partial charge in [-0.3, -0.25) is 4.68 Å². The molecule has 1 heterocycles. The van der Waals surface area contributed by atoms with E-state index in [0.29, 0.717) is 0 Å². The quantitative estimate of drug-likeness (QED) is 0.779. The molecule has 0 aromatic carbocycles. The molecule has 0 unspecified atom stereocenters. The summed E-state index contributed by atoms with van der Waals surface area (Å²) in [6.07, 6.45) is 2.69. The summed E-state index contributed by atoms with van der Waals surface area (Å²) in [4.78, 5) is 0. The van der Waals surface area contributed by atoms with E-state index < -0.39 is 0 Å². The minimum atomic E-state index is -0.260. The molecule has 0 amide bonds. The van der Waals surface area contributed by atoms with Crippen molar-refractivity contribution in [3.63, 3.8) is 0 Å². The van der Waals surface area contributed by atoms with Crippen molar-refractivity contribution < 1.29 is 5.11 Å². The van der Waals surface area contributed by atoms with Gasteiger partial charge in [0.05, 0.1) is 28.6 Å². The number of nitrogens with zero attached hydrogens (tertiary/aromatic N) is 2. The van der Waals surface area contributed by atoms with E-state index in [1.54, 1.807) is 0 Å². The van der Waals surface area contributed by atoms with Crippen LogP contribution in [0.15, 0.2) is 0 Å². The number of aromatic nitrogens is 2. The van der Waals surface area contributed by atoms with E-state index in [1.807, 2.05) is 18.5 Å². The van der Waals surface area contributed by atoms with Crippen molar-refractivity contribution in [1.29, 1.82) is 0 Å². The van der Waals surface area contributed by atoms with E-state index in [9.17, 15) is 5.11 Å². The summed E-state index contributed by atoms with van der Waals surface area (Å²) in [5.41, 5.74) is 1.82. The van der Waals surface area contributed by atoms with Gasteiger partial charge in [-0.15, -0.1) is 0 Å². The third kappa shape index (κ3) is 1.44. The molecule has 1 fully saturated rings. The van der Waals surface area contributed by atoms with Crippen molar-refractivity contribution >= 4 is 11.6 Å². The maximum Gasteiger partial charge on any atom is 0.0844 e. The molecule has 1 aliphatic rings. The fraction of sp³-hybridized carbons (Fsp3) is 0.700. The van der Waals surface area contributed by atoms with E-state index in [-0.39, 0.29) is 12.1 Å². The van der Waals surface area contributed by atoms with Crippen molar-refractivity contribution in [2.75, 3.05) is 0 Å². The Bertz CT molecular complexity index is 348. The fourth-order valence-corrected chi connectivity index (χ4v) is 2.30. The number of aryl methyl sites for hydroxylation is 1. The summed E-state index contributed by atoms with van der Waals surface area (Å²) in [7, 11) is 0. The molecule has 2 rings (SSSR count). The SMILES string of the molecule is Cc1nn([C@@H]2CCC[C@H]2O)c(C)c1Cl. The van der Waals surface area contributed by atoms with Crippen molar-refractivity contribution in [3.05, 3.63) is 16.4 Å². The highest BCUT2D eigenvalue weighted by atomic mass is 35.5. The molecule has 3 nitrogen and oxygen atoms in total. The van der Waals surface area contributed by atoms with Crippen LogP contribution in [0.1, 0.15) is 36.7 Å². The van der Waals surface area contributed by atoms with Gasteiger partial charge in [-0.2, -0.15) is 5.10 Å². The van der Waals surface area contributed by atoms with Crippen molar-refractivity contribution in [3.8, 4) is 0 Å². The third-order valence-electron chi connectivity index (χ3n) is 2.99. The molecule has 1 saturated carbocycles. The molecule has 0 spiro atoms. The molecule has 1 aliphatic carbocycles. The third-order valence-corrected chi connectivity index (χ3v) is 3.54. The lowest BCUT2D eigenvalue weighted by atomic mass is 10.2. The Morgan fingerprint density at radius 3 is 2.57 bits per heavy atom. The fourth-order valence-electron chi connectivity index (χ4n) is 2.17. The first-order chi connectivity index (χ1) is 6.61. The van der Waals surface area contributed by atoms with E-state index in [1.165, 1.54) is 0 Å². The summed E-state index contributed by atoms with van der Waals surface area (Å²) < 4.78 is 1.88. The maximum absolute atomic E-state index is 9.76. The van der Waals surface area contributed by atoms with E-state index in [0.717, 1.165) is 35.7 Å². The lowest BCUT2D eigenvalue weighted by Gasteiger charge is -2.16. The van der Waals surface area contributed by atoms with Crippen molar-refractivity contribution in [2.24, 2.45) is 0 Å². The second-order valence-corrected chi connectivity index (χ2v) is 4.37. The zero-order valence-electron chi connectivity index (χ0n) is 8.50. The molecule has 4 heteroatoms. The average molecular weight is 215 g/mol. The highest BCUT2D eigenvalue weighted by Gasteiger charge is 2.29. The molecule has 2 atom stereocenters. The second-order valence-electron chi connectivity index (χ2n) is 3.99. The number of aliphatic hydroxyl groups is 1. The monoisotopic (exact) mass is 214 g/mol. The van der Waals surface area contributed by atoms with Gasteiger partial charge in [0.2, 0.25) is 0 Å². The zero-order chi connectivity index (χ0) is 10.3. The molecule has 1 aromatic heterocycles. The molecule has 0 aliphatic heterocycles. The summed E-state index contributed by atoms with van der Waals surface area (Å²) >= 11 is 6.06. The Balaban J connectivity index is 2.36. The topological polar surface area (TPSA) is 38.0 Å². The molecule has 0 saturated heterocycles. The van der Waals surface area contributed by atoms with Gasteiger partial charge < -0.3 is 5.11 Å². The number of hydrogen-bond donors (Lipinski definition) is 1. The van der Waals surface area contributed by atoms with Crippen molar-refractivity contribution in [1.82, 2.24) is 9.78 Å². The second kappa shape index (κ2) is 3.55.